The third kappa shape index (κ3) is 3.69. The maximum absolute atomic E-state index is 13.1. The molecule has 3 aromatic rings. The van der Waals surface area contributed by atoms with Crippen LogP contribution in [0.15, 0.2) is 78.4 Å². The number of Topliss-reactive ketones (excluding diaryl/α,β-unsaturated/α-hetero) is 1. The van der Waals surface area contributed by atoms with Gasteiger partial charge in [-0.25, -0.2) is 0 Å². The maximum atomic E-state index is 13.1. The Bertz CT molecular complexity index is 1200. The lowest BCUT2D eigenvalue weighted by molar-refractivity contribution is -0.132. The molecule has 0 spiro atoms. The Balaban J connectivity index is 1.96. The van der Waals surface area contributed by atoms with Crippen LogP contribution in [0.25, 0.3) is 5.76 Å². The van der Waals surface area contributed by atoms with Crippen LogP contribution in [0.3, 0.4) is 0 Å². The van der Waals surface area contributed by atoms with E-state index in [0.717, 1.165) is 0 Å². The summed E-state index contributed by atoms with van der Waals surface area (Å²) in [6, 6.07) is 19.5. The summed E-state index contributed by atoms with van der Waals surface area (Å²) < 4.78 is 10.7. The molecule has 32 heavy (non-hydrogen) atoms. The molecular formula is C25H20ClNO5. The number of nitrogens with zero attached hydrogens (tertiary/aromatic N) is 1. The van der Waals surface area contributed by atoms with Gasteiger partial charge < -0.3 is 14.6 Å². The molecule has 1 saturated heterocycles. The van der Waals surface area contributed by atoms with Crippen molar-refractivity contribution in [3.63, 3.8) is 0 Å². The minimum Gasteiger partial charge on any atom is -0.507 e. The fourth-order valence-electron chi connectivity index (χ4n) is 3.79. The van der Waals surface area contributed by atoms with Crippen LogP contribution >= 0.6 is 11.6 Å². The molecule has 1 N–H and O–H groups in total. The number of aliphatic hydroxyl groups is 1. The maximum Gasteiger partial charge on any atom is 0.300 e. The number of carbonyl (C=O) groups is 2. The Morgan fingerprint density at radius 1 is 0.906 bits per heavy atom. The first-order valence-electron chi connectivity index (χ1n) is 9.80. The number of rotatable bonds is 5. The van der Waals surface area contributed by atoms with Crippen LogP contribution in [-0.4, -0.2) is 31.0 Å². The SMILES string of the molecule is COc1ccc(C2/C(=C(/O)c3ccccc3)C(=O)C(=O)N2c2ccc(Cl)cc2)cc1OC. The summed E-state index contributed by atoms with van der Waals surface area (Å²) in [5.41, 5.74) is 1.48. The van der Waals surface area contributed by atoms with Crippen molar-refractivity contribution in [3.8, 4) is 11.5 Å². The van der Waals surface area contributed by atoms with Crippen molar-refractivity contribution in [3.05, 3.63) is 94.5 Å². The van der Waals surface area contributed by atoms with Gasteiger partial charge >= 0.3 is 0 Å². The molecule has 1 fully saturated rings. The number of halogens is 1. The molecule has 0 radical (unpaired) electrons. The van der Waals surface area contributed by atoms with Gasteiger partial charge in [-0.05, 0) is 42.0 Å². The molecule has 1 atom stereocenters. The Kier molecular flexibility index (Phi) is 5.88. The second-order valence-corrected chi connectivity index (χ2v) is 7.56. The number of benzene rings is 3. The molecule has 4 rings (SSSR count). The standard InChI is InChI=1S/C25H20ClNO5/c1-31-19-13-8-16(14-20(19)32-2)22-21(23(28)15-6-4-3-5-7-15)24(29)25(30)27(22)18-11-9-17(26)10-12-18/h3-14,22,28H,1-2H3/b23-21-. The molecular weight excluding hydrogens is 430 g/mol. The largest absolute Gasteiger partial charge is 0.507 e. The lowest BCUT2D eigenvalue weighted by Gasteiger charge is -2.26. The number of anilines is 1. The zero-order chi connectivity index (χ0) is 22.8. The third-order valence-electron chi connectivity index (χ3n) is 5.32. The number of hydrogen-bond acceptors (Lipinski definition) is 5. The van der Waals surface area contributed by atoms with E-state index < -0.39 is 17.7 Å². The van der Waals surface area contributed by atoms with Crippen molar-refractivity contribution < 1.29 is 24.2 Å². The predicted octanol–water partition coefficient (Wildman–Crippen LogP) is 4.98. The van der Waals surface area contributed by atoms with Crippen molar-refractivity contribution in [1.82, 2.24) is 0 Å². The second kappa shape index (κ2) is 8.77. The normalized spacial score (nSPS) is 17.5. The van der Waals surface area contributed by atoms with Gasteiger partial charge in [0.1, 0.15) is 5.76 Å². The molecule has 0 saturated carbocycles. The highest BCUT2D eigenvalue weighted by atomic mass is 35.5. The Morgan fingerprint density at radius 3 is 2.19 bits per heavy atom. The minimum absolute atomic E-state index is 0.0108. The van der Waals surface area contributed by atoms with E-state index in [1.54, 1.807) is 72.8 Å². The van der Waals surface area contributed by atoms with E-state index in [0.29, 0.717) is 33.3 Å². The number of amides is 1. The van der Waals surface area contributed by atoms with Crippen molar-refractivity contribution in [1.29, 1.82) is 0 Å². The van der Waals surface area contributed by atoms with E-state index >= 15 is 0 Å². The fraction of sp³-hybridized carbons (Fsp3) is 0.120. The summed E-state index contributed by atoms with van der Waals surface area (Å²) in [4.78, 5) is 27.6. The first-order valence-corrected chi connectivity index (χ1v) is 10.2. The highest BCUT2D eigenvalue weighted by Crippen LogP contribution is 2.44. The first-order chi connectivity index (χ1) is 15.5. The van der Waals surface area contributed by atoms with Crippen molar-refractivity contribution in [2.24, 2.45) is 0 Å². The van der Waals surface area contributed by atoms with Gasteiger partial charge in [0.05, 0.1) is 25.8 Å². The predicted molar refractivity (Wildman–Crippen MR) is 122 cm³/mol. The monoisotopic (exact) mass is 449 g/mol. The molecule has 3 aromatic carbocycles. The molecule has 6 nitrogen and oxygen atoms in total. The summed E-state index contributed by atoms with van der Waals surface area (Å²) in [5.74, 6) is -0.833. The molecule has 1 aliphatic rings. The molecule has 1 heterocycles. The van der Waals surface area contributed by atoms with Crippen LogP contribution in [0, 0.1) is 0 Å². The number of hydrogen-bond donors (Lipinski definition) is 1. The van der Waals surface area contributed by atoms with Gasteiger partial charge in [-0.15, -0.1) is 0 Å². The minimum atomic E-state index is -0.879. The fourth-order valence-corrected chi connectivity index (χ4v) is 3.92. The van der Waals surface area contributed by atoms with Gasteiger partial charge in [0.2, 0.25) is 0 Å². The molecule has 0 aromatic heterocycles. The molecule has 1 aliphatic heterocycles. The topological polar surface area (TPSA) is 76.1 Å². The van der Waals surface area contributed by atoms with Crippen LogP contribution in [0.5, 0.6) is 11.5 Å². The van der Waals surface area contributed by atoms with Gasteiger partial charge in [0, 0.05) is 16.3 Å². The highest BCUT2D eigenvalue weighted by Gasteiger charge is 2.47. The summed E-state index contributed by atoms with van der Waals surface area (Å²) >= 11 is 6.02. The average Bonchev–Trinajstić information content (AvgIpc) is 3.09. The number of carbonyl (C=O) groups excluding carboxylic acids is 2. The summed E-state index contributed by atoms with van der Waals surface area (Å²) in [6.45, 7) is 0. The van der Waals surface area contributed by atoms with Crippen LogP contribution < -0.4 is 14.4 Å². The lowest BCUT2D eigenvalue weighted by Crippen LogP contribution is -2.29. The number of methoxy groups -OCH3 is 2. The zero-order valence-corrected chi connectivity index (χ0v) is 18.2. The van der Waals surface area contributed by atoms with E-state index in [1.807, 2.05) is 0 Å². The number of aliphatic hydroxyl groups excluding tert-OH is 1. The third-order valence-corrected chi connectivity index (χ3v) is 5.57. The summed E-state index contributed by atoms with van der Waals surface area (Å²) in [6.07, 6.45) is 0. The molecule has 162 valence electrons. The van der Waals surface area contributed by atoms with Crippen molar-refractivity contribution in [2.75, 3.05) is 19.1 Å². The van der Waals surface area contributed by atoms with Crippen LogP contribution in [-0.2, 0) is 9.59 Å². The Hall–Kier alpha value is -3.77. The van der Waals surface area contributed by atoms with Gasteiger partial charge in [0.25, 0.3) is 11.7 Å². The van der Waals surface area contributed by atoms with E-state index in [9.17, 15) is 14.7 Å². The number of ether oxygens (including phenoxy) is 2. The van der Waals surface area contributed by atoms with Gasteiger partial charge in [-0.1, -0.05) is 48.0 Å². The Morgan fingerprint density at radius 2 is 1.56 bits per heavy atom. The highest BCUT2D eigenvalue weighted by molar-refractivity contribution is 6.51. The van der Waals surface area contributed by atoms with Crippen molar-refractivity contribution >= 4 is 34.7 Å². The molecule has 0 bridgehead atoms. The Labute approximate surface area is 190 Å². The second-order valence-electron chi connectivity index (χ2n) is 7.13. The van der Waals surface area contributed by atoms with Crippen LogP contribution in [0.2, 0.25) is 5.02 Å². The molecule has 1 amide bonds. The van der Waals surface area contributed by atoms with E-state index in [4.69, 9.17) is 21.1 Å². The van der Waals surface area contributed by atoms with E-state index in [2.05, 4.69) is 0 Å². The molecule has 0 aliphatic carbocycles. The summed E-state index contributed by atoms with van der Waals surface area (Å²) in [7, 11) is 3.02. The van der Waals surface area contributed by atoms with E-state index in [-0.39, 0.29) is 11.3 Å². The molecule has 7 heteroatoms. The van der Waals surface area contributed by atoms with Crippen LogP contribution in [0.4, 0.5) is 5.69 Å². The first kappa shape index (κ1) is 21.5. The van der Waals surface area contributed by atoms with Gasteiger partial charge in [-0.3, -0.25) is 14.5 Å². The van der Waals surface area contributed by atoms with Gasteiger partial charge in [-0.2, -0.15) is 0 Å². The lowest BCUT2D eigenvalue weighted by atomic mass is 9.94. The van der Waals surface area contributed by atoms with Crippen LogP contribution in [0.1, 0.15) is 17.2 Å². The quantitative estimate of drug-likeness (QED) is 0.337. The zero-order valence-electron chi connectivity index (χ0n) is 17.4. The van der Waals surface area contributed by atoms with E-state index in [1.165, 1.54) is 19.1 Å². The smallest absolute Gasteiger partial charge is 0.300 e. The number of ketones is 1. The van der Waals surface area contributed by atoms with Crippen molar-refractivity contribution in [2.45, 2.75) is 6.04 Å². The summed E-state index contributed by atoms with van der Waals surface area (Å²) in [5, 5.41) is 11.6. The average molecular weight is 450 g/mol. The molecule has 1 unspecified atom stereocenters. The van der Waals surface area contributed by atoms with Gasteiger partial charge in [0.15, 0.2) is 11.5 Å².